The van der Waals surface area contributed by atoms with Crippen LogP contribution in [0.5, 0.6) is 0 Å². The van der Waals surface area contributed by atoms with Gasteiger partial charge in [-0.1, -0.05) is 20.8 Å². The van der Waals surface area contributed by atoms with Gasteiger partial charge in [-0.25, -0.2) is 0 Å². The molecule has 17 heavy (non-hydrogen) atoms. The normalized spacial score (nSPS) is 11.1. The minimum absolute atomic E-state index is 0.614. The van der Waals surface area contributed by atoms with Gasteiger partial charge in [-0.3, -0.25) is 0 Å². The highest BCUT2D eigenvalue weighted by molar-refractivity contribution is 5.26. The highest BCUT2D eigenvalue weighted by Gasteiger charge is 2.12. The topological polar surface area (TPSA) is 41.3 Å². The average molecular weight is 239 g/mol. The van der Waals surface area contributed by atoms with Crippen LogP contribution < -0.4 is 10.2 Å². The molecule has 0 fully saturated rings. The molecule has 1 aromatic rings. The van der Waals surface area contributed by atoms with E-state index in [0.29, 0.717) is 5.92 Å². The van der Waals surface area contributed by atoms with E-state index in [1.54, 1.807) is 6.26 Å². The highest BCUT2D eigenvalue weighted by Crippen LogP contribution is 2.14. The molecule has 1 rings (SSSR count). The fourth-order valence-electron chi connectivity index (χ4n) is 1.70. The van der Waals surface area contributed by atoms with Crippen LogP contribution in [0.3, 0.4) is 0 Å². The molecule has 0 aliphatic heterocycles. The maximum atomic E-state index is 5.52. The molecule has 1 N–H and O–H groups in total. The van der Waals surface area contributed by atoms with Crippen molar-refractivity contribution in [2.45, 2.75) is 40.7 Å². The van der Waals surface area contributed by atoms with Gasteiger partial charge in [0.1, 0.15) is 6.26 Å². The Balaban J connectivity index is 2.52. The first-order valence-electron chi connectivity index (χ1n) is 6.57. The van der Waals surface area contributed by atoms with Crippen LogP contribution in [0.4, 0.5) is 6.01 Å². The van der Waals surface area contributed by atoms with Crippen molar-refractivity contribution < 1.29 is 4.42 Å². The van der Waals surface area contributed by atoms with Gasteiger partial charge in [0, 0.05) is 19.6 Å². The van der Waals surface area contributed by atoms with Crippen LogP contribution in [-0.2, 0) is 6.54 Å². The van der Waals surface area contributed by atoms with E-state index in [2.05, 4.69) is 42.9 Å². The number of aromatic nitrogens is 1. The van der Waals surface area contributed by atoms with Gasteiger partial charge < -0.3 is 14.6 Å². The summed E-state index contributed by atoms with van der Waals surface area (Å²) in [6, 6.07) is 0.745. The molecule has 4 nitrogen and oxygen atoms in total. The van der Waals surface area contributed by atoms with Gasteiger partial charge in [0.2, 0.25) is 0 Å². The Morgan fingerprint density at radius 2 is 2.18 bits per heavy atom. The summed E-state index contributed by atoms with van der Waals surface area (Å²) < 4.78 is 5.52. The van der Waals surface area contributed by atoms with E-state index in [0.717, 1.165) is 44.3 Å². The van der Waals surface area contributed by atoms with Crippen molar-refractivity contribution in [1.82, 2.24) is 10.3 Å². The molecular formula is C13H25N3O. The number of anilines is 1. The van der Waals surface area contributed by atoms with Crippen LogP contribution in [0.25, 0.3) is 0 Å². The third-order valence-corrected chi connectivity index (χ3v) is 2.51. The van der Waals surface area contributed by atoms with Crippen molar-refractivity contribution in [3.8, 4) is 0 Å². The molecule has 0 aliphatic carbocycles. The van der Waals surface area contributed by atoms with Crippen molar-refractivity contribution in [2.24, 2.45) is 5.92 Å². The lowest BCUT2D eigenvalue weighted by Crippen LogP contribution is -2.27. The predicted octanol–water partition coefficient (Wildman–Crippen LogP) is 2.66. The van der Waals surface area contributed by atoms with Gasteiger partial charge in [0.15, 0.2) is 0 Å². The van der Waals surface area contributed by atoms with E-state index in [-0.39, 0.29) is 0 Å². The molecule has 0 saturated heterocycles. The maximum Gasteiger partial charge on any atom is 0.297 e. The second kappa shape index (κ2) is 7.33. The van der Waals surface area contributed by atoms with Crippen molar-refractivity contribution in [3.05, 3.63) is 12.0 Å². The fraction of sp³-hybridized carbons (Fsp3) is 0.769. The second-order valence-electron chi connectivity index (χ2n) is 4.73. The molecule has 0 aliphatic rings. The van der Waals surface area contributed by atoms with Gasteiger partial charge >= 0.3 is 0 Å². The summed E-state index contributed by atoms with van der Waals surface area (Å²) in [6.45, 7) is 12.4. The van der Waals surface area contributed by atoms with Crippen molar-refractivity contribution in [1.29, 1.82) is 0 Å². The molecule has 0 bridgehead atoms. The lowest BCUT2D eigenvalue weighted by atomic mass is 10.2. The minimum atomic E-state index is 0.614. The Bertz CT molecular complexity index is 309. The van der Waals surface area contributed by atoms with E-state index in [1.807, 2.05) is 0 Å². The molecule has 0 amide bonds. The smallest absolute Gasteiger partial charge is 0.297 e. The number of nitrogens with one attached hydrogen (secondary N) is 1. The number of oxazole rings is 1. The zero-order valence-electron chi connectivity index (χ0n) is 11.5. The molecule has 0 unspecified atom stereocenters. The maximum absolute atomic E-state index is 5.52. The summed E-state index contributed by atoms with van der Waals surface area (Å²) in [7, 11) is 0. The predicted molar refractivity (Wildman–Crippen MR) is 71.2 cm³/mol. The number of hydrogen-bond acceptors (Lipinski definition) is 4. The van der Waals surface area contributed by atoms with Gasteiger partial charge in [0.05, 0.1) is 5.69 Å². The van der Waals surface area contributed by atoms with Crippen LogP contribution in [0, 0.1) is 5.92 Å². The number of nitrogens with zero attached hydrogens (tertiary/aromatic N) is 2. The largest absolute Gasteiger partial charge is 0.432 e. The van der Waals surface area contributed by atoms with E-state index < -0.39 is 0 Å². The number of hydrogen-bond donors (Lipinski definition) is 1. The Kier molecular flexibility index (Phi) is 6.05. The van der Waals surface area contributed by atoms with Gasteiger partial charge in [-0.15, -0.1) is 0 Å². The molecule has 4 heteroatoms. The van der Waals surface area contributed by atoms with E-state index >= 15 is 0 Å². The second-order valence-corrected chi connectivity index (χ2v) is 4.73. The first-order chi connectivity index (χ1) is 8.17. The molecule has 1 aromatic heterocycles. The zero-order valence-corrected chi connectivity index (χ0v) is 11.5. The van der Waals surface area contributed by atoms with Crippen LogP contribution >= 0.6 is 0 Å². The molecule has 98 valence electrons. The van der Waals surface area contributed by atoms with Crippen LogP contribution in [0.15, 0.2) is 10.7 Å². The SMILES string of the molecule is CCCNCc1coc(N(CC)CC(C)C)n1. The first kappa shape index (κ1) is 14.0. The molecule has 0 radical (unpaired) electrons. The van der Waals surface area contributed by atoms with Gasteiger partial charge in [-0.2, -0.15) is 4.98 Å². The van der Waals surface area contributed by atoms with E-state index in [9.17, 15) is 0 Å². The Hall–Kier alpha value is -1.03. The minimum Gasteiger partial charge on any atom is -0.432 e. The summed E-state index contributed by atoms with van der Waals surface area (Å²) >= 11 is 0. The van der Waals surface area contributed by atoms with Gasteiger partial charge in [-0.05, 0) is 25.8 Å². The number of rotatable bonds is 8. The summed E-state index contributed by atoms with van der Waals surface area (Å²) in [5, 5.41) is 3.32. The third kappa shape index (κ3) is 4.77. The Labute approximate surface area is 104 Å². The first-order valence-corrected chi connectivity index (χ1v) is 6.57. The molecule has 1 heterocycles. The monoisotopic (exact) mass is 239 g/mol. The molecular weight excluding hydrogens is 214 g/mol. The van der Waals surface area contributed by atoms with E-state index in [4.69, 9.17) is 4.42 Å². The molecule has 0 aromatic carbocycles. The Morgan fingerprint density at radius 1 is 1.41 bits per heavy atom. The lowest BCUT2D eigenvalue weighted by molar-refractivity contribution is 0.511. The Morgan fingerprint density at radius 3 is 2.76 bits per heavy atom. The molecule has 0 saturated carbocycles. The average Bonchev–Trinajstić information content (AvgIpc) is 2.74. The summed E-state index contributed by atoms with van der Waals surface area (Å²) in [5.41, 5.74) is 0.982. The van der Waals surface area contributed by atoms with Gasteiger partial charge in [0.25, 0.3) is 6.01 Å². The van der Waals surface area contributed by atoms with Crippen molar-refractivity contribution >= 4 is 6.01 Å². The summed E-state index contributed by atoms with van der Waals surface area (Å²) in [4.78, 5) is 6.68. The van der Waals surface area contributed by atoms with Crippen LogP contribution in [-0.4, -0.2) is 24.6 Å². The lowest BCUT2D eigenvalue weighted by Gasteiger charge is -2.20. The highest BCUT2D eigenvalue weighted by atomic mass is 16.4. The van der Waals surface area contributed by atoms with Crippen LogP contribution in [0.1, 0.15) is 39.8 Å². The zero-order chi connectivity index (χ0) is 12.7. The van der Waals surface area contributed by atoms with E-state index in [1.165, 1.54) is 0 Å². The van der Waals surface area contributed by atoms with Crippen molar-refractivity contribution in [2.75, 3.05) is 24.5 Å². The van der Waals surface area contributed by atoms with Crippen LogP contribution in [0.2, 0.25) is 0 Å². The standard InChI is InChI=1S/C13H25N3O/c1-5-7-14-8-12-10-17-13(15-12)16(6-2)9-11(3)4/h10-11,14H,5-9H2,1-4H3. The summed E-state index contributed by atoms with van der Waals surface area (Å²) in [6.07, 6.45) is 2.89. The third-order valence-electron chi connectivity index (χ3n) is 2.51. The molecule has 0 spiro atoms. The summed E-state index contributed by atoms with van der Waals surface area (Å²) in [5.74, 6) is 0.614. The fourth-order valence-corrected chi connectivity index (χ4v) is 1.70. The quantitative estimate of drug-likeness (QED) is 0.708. The van der Waals surface area contributed by atoms with Crippen molar-refractivity contribution in [3.63, 3.8) is 0 Å². The molecule has 0 atom stereocenters.